The van der Waals surface area contributed by atoms with Crippen LogP contribution in [0.1, 0.15) is 32.3 Å². The third-order valence-corrected chi connectivity index (χ3v) is 4.07. The molecule has 0 saturated heterocycles. The normalized spacial score (nSPS) is 18.6. The predicted octanol–water partition coefficient (Wildman–Crippen LogP) is 3.39. The average molecular weight is 246 g/mol. The molecule has 1 fully saturated rings. The van der Waals surface area contributed by atoms with E-state index in [-0.39, 0.29) is 10.6 Å². The van der Waals surface area contributed by atoms with Crippen molar-refractivity contribution in [2.45, 2.75) is 37.6 Å². The molecule has 0 heterocycles. The van der Waals surface area contributed by atoms with Crippen molar-refractivity contribution in [3.8, 4) is 0 Å². The molecular formula is C12H14ClF2N. The van der Waals surface area contributed by atoms with Gasteiger partial charge in [0.05, 0.1) is 5.02 Å². The summed E-state index contributed by atoms with van der Waals surface area (Å²) in [6.07, 6.45) is 1.62. The van der Waals surface area contributed by atoms with Crippen molar-refractivity contribution in [1.29, 1.82) is 0 Å². The fourth-order valence-corrected chi connectivity index (χ4v) is 2.50. The summed E-state index contributed by atoms with van der Waals surface area (Å²) >= 11 is 5.85. The largest absolute Gasteiger partial charge is 0.324 e. The van der Waals surface area contributed by atoms with E-state index in [0.29, 0.717) is 0 Å². The Bertz CT molecular complexity index is 439. The quantitative estimate of drug-likeness (QED) is 0.795. The molecule has 0 amide bonds. The van der Waals surface area contributed by atoms with E-state index in [2.05, 4.69) is 0 Å². The lowest BCUT2D eigenvalue weighted by molar-refractivity contribution is 0.372. The Morgan fingerprint density at radius 1 is 1.25 bits per heavy atom. The van der Waals surface area contributed by atoms with Gasteiger partial charge in [-0.3, -0.25) is 0 Å². The van der Waals surface area contributed by atoms with Crippen molar-refractivity contribution >= 4 is 11.6 Å². The van der Waals surface area contributed by atoms with Gasteiger partial charge < -0.3 is 5.73 Å². The Morgan fingerprint density at radius 3 is 2.25 bits per heavy atom. The molecule has 1 aliphatic rings. The molecule has 88 valence electrons. The van der Waals surface area contributed by atoms with Gasteiger partial charge >= 0.3 is 0 Å². The van der Waals surface area contributed by atoms with Crippen LogP contribution in [0.4, 0.5) is 8.78 Å². The molecule has 1 aromatic rings. The molecule has 0 radical (unpaired) electrons. The first kappa shape index (κ1) is 11.8. The van der Waals surface area contributed by atoms with E-state index < -0.39 is 22.6 Å². The van der Waals surface area contributed by atoms with Crippen LogP contribution in [0.3, 0.4) is 0 Å². The lowest BCUT2D eigenvalue weighted by Crippen LogP contribution is -2.44. The summed E-state index contributed by atoms with van der Waals surface area (Å²) in [6, 6.07) is 2.14. The van der Waals surface area contributed by atoms with Gasteiger partial charge in [-0.15, -0.1) is 0 Å². The Morgan fingerprint density at radius 2 is 1.75 bits per heavy atom. The Kier molecular flexibility index (Phi) is 2.52. The minimum absolute atomic E-state index is 0.151. The zero-order chi connectivity index (χ0) is 12.1. The maximum atomic E-state index is 13.8. The topological polar surface area (TPSA) is 26.0 Å². The standard InChI is InChI=1S/C12H14ClF2N/c1-11(2,12(16)5-6-12)9-7(14)3-4-8(15)10(9)13/h3-4H,5-6,16H2,1-2H3. The maximum Gasteiger partial charge on any atom is 0.142 e. The molecule has 2 rings (SSSR count). The van der Waals surface area contributed by atoms with Crippen LogP contribution in [0.15, 0.2) is 12.1 Å². The summed E-state index contributed by atoms with van der Waals surface area (Å²) in [5.41, 5.74) is 5.16. The van der Waals surface area contributed by atoms with E-state index in [1.807, 2.05) is 13.8 Å². The van der Waals surface area contributed by atoms with Crippen LogP contribution in [0.25, 0.3) is 0 Å². The minimum atomic E-state index is -0.656. The third-order valence-electron chi connectivity index (χ3n) is 3.70. The van der Waals surface area contributed by atoms with Gasteiger partial charge in [-0.25, -0.2) is 8.78 Å². The van der Waals surface area contributed by atoms with Gasteiger partial charge in [0.15, 0.2) is 0 Å². The number of rotatable bonds is 2. The molecular weight excluding hydrogens is 232 g/mol. The molecule has 0 unspecified atom stereocenters. The van der Waals surface area contributed by atoms with Crippen LogP contribution < -0.4 is 5.73 Å². The number of halogens is 3. The van der Waals surface area contributed by atoms with Crippen molar-refractivity contribution < 1.29 is 8.78 Å². The smallest absolute Gasteiger partial charge is 0.142 e. The van der Waals surface area contributed by atoms with E-state index in [0.717, 1.165) is 25.0 Å². The average Bonchev–Trinajstić information content (AvgIpc) is 2.92. The van der Waals surface area contributed by atoms with Gasteiger partial charge in [0, 0.05) is 16.5 Å². The van der Waals surface area contributed by atoms with Crippen LogP contribution >= 0.6 is 11.6 Å². The minimum Gasteiger partial charge on any atom is -0.324 e. The lowest BCUT2D eigenvalue weighted by atomic mass is 9.75. The molecule has 0 bridgehead atoms. The van der Waals surface area contributed by atoms with Crippen molar-refractivity contribution in [3.05, 3.63) is 34.4 Å². The molecule has 0 aromatic heterocycles. The van der Waals surface area contributed by atoms with Gasteiger partial charge in [-0.05, 0) is 25.0 Å². The number of benzene rings is 1. The van der Waals surface area contributed by atoms with E-state index >= 15 is 0 Å². The van der Waals surface area contributed by atoms with Crippen LogP contribution in [0, 0.1) is 11.6 Å². The fraction of sp³-hybridized carbons (Fsp3) is 0.500. The lowest BCUT2D eigenvalue weighted by Gasteiger charge is -2.33. The third kappa shape index (κ3) is 1.54. The van der Waals surface area contributed by atoms with Gasteiger partial charge in [0.1, 0.15) is 11.6 Å². The molecule has 1 saturated carbocycles. The molecule has 16 heavy (non-hydrogen) atoms. The maximum absolute atomic E-state index is 13.8. The van der Waals surface area contributed by atoms with Crippen LogP contribution in [0.5, 0.6) is 0 Å². The van der Waals surface area contributed by atoms with Crippen LogP contribution in [0.2, 0.25) is 5.02 Å². The van der Waals surface area contributed by atoms with Gasteiger partial charge in [-0.2, -0.15) is 0 Å². The fourth-order valence-electron chi connectivity index (χ4n) is 2.11. The van der Waals surface area contributed by atoms with Crippen molar-refractivity contribution in [1.82, 2.24) is 0 Å². The summed E-state index contributed by atoms with van der Waals surface area (Å²) in [5, 5.41) is -0.151. The van der Waals surface area contributed by atoms with Crippen molar-refractivity contribution in [2.75, 3.05) is 0 Å². The van der Waals surface area contributed by atoms with Crippen molar-refractivity contribution in [2.24, 2.45) is 5.73 Å². The van der Waals surface area contributed by atoms with E-state index in [1.54, 1.807) is 0 Å². The highest BCUT2D eigenvalue weighted by Gasteiger charge is 2.53. The van der Waals surface area contributed by atoms with Crippen LogP contribution in [-0.4, -0.2) is 5.54 Å². The Balaban J connectivity index is 2.59. The highest BCUT2D eigenvalue weighted by molar-refractivity contribution is 6.31. The zero-order valence-electron chi connectivity index (χ0n) is 9.28. The summed E-state index contributed by atoms with van der Waals surface area (Å²) in [6.45, 7) is 3.62. The number of nitrogens with two attached hydrogens (primary N) is 1. The second kappa shape index (κ2) is 3.41. The summed E-state index contributed by atoms with van der Waals surface area (Å²) in [7, 11) is 0. The van der Waals surface area contributed by atoms with Gasteiger partial charge in [-0.1, -0.05) is 25.4 Å². The van der Waals surface area contributed by atoms with E-state index in [1.165, 1.54) is 0 Å². The highest BCUT2D eigenvalue weighted by Crippen LogP contribution is 2.51. The molecule has 0 spiro atoms. The molecule has 0 atom stereocenters. The molecule has 4 heteroatoms. The summed E-state index contributed by atoms with van der Waals surface area (Å²) in [4.78, 5) is 0. The van der Waals surface area contributed by atoms with Gasteiger partial charge in [0.2, 0.25) is 0 Å². The zero-order valence-corrected chi connectivity index (χ0v) is 10.0. The first-order valence-electron chi connectivity index (χ1n) is 5.22. The van der Waals surface area contributed by atoms with Crippen molar-refractivity contribution in [3.63, 3.8) is 0 Å². The summed E-state index contributed by atoms with van der Waals surface area (Å²) in [5.74, 6) is -1.09. The number of hydrogen-bond acceptors (Lipinski definition) is 1. The van der Waals surface area contributed by atoms with Gasteiger partial charge in [0.25, 0.3) is 0 Å². The molecule has 1 aromatic carbocycles. The van der Waals surface area contributed by atoms with E-state index in [9.17, 15) is 8.78 Å². The van der Waals surface area contributed by atoms with Crippen LogP contribution in [-0.2, 0) is 5.41 Å². The first-order valence-corrected chi connectivity index (χ1v) is 5.60. The predicted molar refractivity (Wildman–Crippen MR) is 60.5 cm³/mol. The van der Waals surface area contributed by atoms with E-state index in [4.69, 9.17) is 17.3 Å². The second-order valence-electron chi connectivity index (χ2n) is 5.00. The molecule has 1 nitrogen and oxygen atoms in total. The summed E-state index contributed by atoms with van der Waals surface area (Å²) < 4.78 is 27.1. The molecule has 1 aliphatic carbocycles. The highest BCUT2D eigenvalue weighted by atomic mass is 35.5. The number of hydrogen-bond donors (Lipinski definition) is 1. The Hall–Kier alpha value is -0.670. The Labute approximate surface area is 98.6 Å². The second-order valence-corrected chi connectivity index (χ2v) is 5.38. The molecule has 2 N–H and O–H groups in total. The SMILES string of the molecule is CC(C)(c1c(F)ccc(F)c1Cl)C1(N)CC1. The molecule has 0 aliphatic heterocycles. The first-order chi connectivity index (χ1) is 7.29. The monoisotopic (exact) mass is 245 g/mol.